The van der Waals surface area contributed by atoms with Gasteiger partial charge in [0.15, 0.2) is 0 Å². The Balaban J connectivity index is 1.74. The fourth-order valence-corrected chi connectivity index (χ4v) is 2.35. The molecule has 5 heteroatoms. The third kappa shape index (κ3) is 3.89. The summed E-state index contributed by atoms with van der Waals surface area (Å²) < 4.78 is 11.4. The maximum Gasteiger partial charge on any atom is 0.0866 e. The Morgan fingerprint density at radius 1 is 0.941 bits per heavy atom. The van der Waals surface area contributed by atoms with Crippen LogP contribution in [0, 0.1) is 0 Å². The molecule has 2 aliphatic rings. The van der Waals surface area contributed by atoms with Crippen molar-refractivity contribution in [2.24, 2.45) is 0 Å². The predicted molar refractivity (Wildman–Crippen MR) is 66.3 cm³/mol. The maximum atomic E-state index is 5.72. The van der Waals surface area contributed by atoms with Gasteiger partial charge in [-0.3, -0.25) is 0 Å². The Morgan fingerprint density at radius 2 is 1.41 bits per heavy atom. The number of hydrogen-bond acceptors (Lipinski definition) is 4. The van der Waals surface area contributed by atoms with Crippen molar-refractivity contribution in [1.82, 2.24) is 16.0 Å². The number of rotatable bonds is 4. The highest BCUT2D eigenvalue weighted by molar-refractivity contribution is 4.84. The molecular weight excluding hydrogens is 218 g/mol. The Hall–Kier alpha value is -0.200. The highest BCUT2D eigenvalue weighted by Crippen LogP contribution is 2.09. The third-order valence-corrected chi connectivity index (χ3v) is 3.46. The highest BCUT2D eigenvalue weighted by Gasteiger charge is 2.27. The average Bonchev–Trinajstić information content (AvgIpc) is 2.40. The lowest BCUT2D eigenvalue weighted by Crippen LogP contribution is -2.53. The molecule has 17 heavy (non-hydrogen) atoms. The number of nitrogens with one attached hydrogen (secondary N) is 2. The zero-order chi connectivity index (χ0) is 12.1. The molecule has 2 aliphatic heterocycles. The summed E-state index contributed by atoms with van der Waals surface area (Å²) in [5.41, 5.74) is 0. The minimum Gasteiger partial charge on any atom is -0.374 e. The van der Waals surface area contributed by atoms with Gasteiger partial charge >= 0.3 is 0 Å². The van der Waals surface area contributed by atoms with Gasteiger partial charge < -0.3 is 20.1 Å². The van der Waals surface area contributed by atoms with Gasteiger partial charge in [-0.15, -0.1) is 0 Å². The molecule has 4 unspecified atom stereocenters. The van der Waals surface area contributed by atoms with Crippen molar-refractivity contribution in [3.63, 3.8) is 0 Å². The Bertz CT molecular complexity index is 194. The van der Waals surface area contributed by atoms with Gasteiger partial charge in [0, 0.05) is 38.3 Å². The van der Waals surface area contributed by atoms with Gasteiger partial charge in [-0.1, -0.05) is 0 Å². The molecule has 2 heterocycles. The van der Waals surface area contributed by atoms with Crippen molar-refractivity contribution < 1.29 is 9.47 Å². The zero-order valence-corrected chi connectivity index (χ0v) is 10.8. The van der Waals surface area contributed by atoms with Gasteiger partial charge in [0.2, 0.25) is 0 Å². The molecule has 2 N–H and O–H groups in total. The smallest absolute Gasteiger partial charge is 0.0866 e. The minimum absolute atomic E-state index is 0.211. The standard InChI is InChI=1S/C12H24N3O2/c1-9(11-7-13-3-5-16-11)15-10(2)12-8-14-4-6-17-12/h9-14H,3-8H2,1-2H3. The van der Waals surface area contributed by atoms with Crippen LogP contribution < -0.4 is 16.0 Å². The van der Waals surface area contributed by atoms with E-state index in [1.165, 1.54) is 0 Å². The average molecular weight is 242 g/mol. The van der Waals surface area contributed by atoms with Gasteiger partial charge in [0.05, 0.1) is 25.4 Å². The molecule has 0 aromatic carbocycles. The second kappa shape index (κ2) is 6.66. The van der Waals surface area contributed by atoms with E-state index in [-0.39, 0.29) is 24.3 Å². The third-order valence-electron chi connectivity index (χ3n) is 3.46. The summed E-state index contributed by atoms with van der Waals surface area (Å²) in [6.07, 6.45) is 0.422. The predicted octanol–water partition coefficient (Wildman–Crippen LogP) is -0.655. The first kappa shape index (κ1) is 13.2. The second-order valence-electron chi connectivity index (χ2n) is 4.86. The van der Waals surface area contributed by atoms with Crippen molar-refractivity contribution in [3.05, 3.63) is 0 Å². The van der Waals surface area contributed by atoms with E-state index in [9.17, 15) is 0 Å². The highest BCUT2D eigenvalue weighted by atomic mass is 16.5. The fourth-order valence-electron chi connectivity index (χ4n) is 2.35. The molecule has 0 aromatic heterocycles. The molecule has 99 valence electrons. The molecule has 4 atom stereocenters. The molecule has 2 fully saturated rings. The lowest BCUT2D eigenvalue weighted by molar-refractivity contribution is -0.0189. The molecule has 1 radical (unpaired) electrons. The van der Waals surface area contributed by atoms with E-state index in [0.717, 1.165) is 39.4 Å². The van der Waals surface area contributed by atoms with E-state index in [4.69, 9.17) is 14.8 Å². The molecule has 2 saturated heterocycles. The topological polar surface area (TPSA) is 56.6 Å². The van der Waals surface area contributed by atoms with Crippen molar-refractivity contribution >= 4 is 0 Å². The van der Waals surface area contributed by atoms with Crippen molar-refractivity contribution in [2.75, 3.05) is 39.4 Å². The summed E-state index contributed by atoms with van der Waals surface area (Å²) in [7, 11) is 0. The molecule has 0 aliphatic carbocycles. The summed E-state index contributed by atoms with van der Waals surface area (Å²) in [5.74, 6) is 0. The molecule has 5 nitrogen and oxygen atoms in total. The minimum atomic E-state index is 0.211. The van der Waals surface area contributed by atoms with Crippen LogP contribution in [0.3, 0.4) is 0 Å². The van der Waals surface area contributed by atoms with Crippen LogP contribution in [0.25, 0.3) is 0 Å². The Labute approximate surface area is 104 Å². The maximum absolute atomic E-state index is 5.72. The lowest BCUT2D eigenvalue weighted by Gasteiger charge is -2.33. The zero-order valence-electron chi connectivity index (χ0n) is 10.8. The quantitative estimate of drug-likeness (QED) is 0.687. The SMILES string of the molecule is CC([N]C(C)C1CNCCO1)C1CNCCO1. The second-order valence-corrected chi connectivity index (χ2v) is 4.86. The monoisotopic (exact) mass is 242 g/mol. The summed E-state index contributed by atoms with van der Waals surface area (Å²) >= 11 is 0. The van der Waals surface area contributed by atoms with Crippen molar-refractivity contribution in [1.29, 1.82) is 0 Å². The molecule has 0 aromatic rings. The van der Waals surface area contributed by atoms with E-state index >= 15 is 0 Å². The first-order valence-corrected chi connectivity index (χ1v) is 6.62. The summed E-state index contributed by atoms with van der Waals surface area (Å²) in [6, 6.07) is 0.451. The lowest BCUT2D eigenvalue weighted by atomic mass is 10.1. The summed E-state index contributed by atoms with van der Waals surface area (Å²) in [5, 5.41) is 11.5. The first-order valence-electron chi connectivity index (χ1n) is 6.62. The van der Waals surface area contributed by atoms with Crippen molar-refractivity contribution in [2.45, 2.75) is 38.1 Å². The van der Waals surface area contributed by atoms with Gasteiger partial charge in [0.1, 0.15) is 0 Å². The largest absolute Gasteiger partial charge is 0.374 e. The van der Waals surface area contributed by atoms with Crippen LogP contribution in [0.4, 0.5) is 0 Å². The van der Waals surface area contributed by atoms with Gasteiger partial charge in [-0.25, -0.2) is 5.32 Å². The molecular formula is C12H24N3O2. The van der Waals surface area contributed by atoms with Crippen LogP contribution in [0.15, 0.2) is 0 Å². The van der Waals surface area contributed by atoms with Crippen LogP contribution >= 0.6 is 0 Å². The molecule has 2 rings (SSSR count). The summed E-state index contributed by atoms with van der Waals surface area (Å²) in [4.78, 5) is 0. The normalized spacial score (nSPS) is 34.2. The Morgan fingerprint density at radius 3 is 1.76 bits per heavy atom. The van der Waals surface area contributed by atoms with Crippen LogP contribution in [0.5, 0.6) is 0 Å². The molecule has 0 amide bonds. The number of morpholine rings is 2. The number of nitrogens with zero attached hydrogens (tertiary/aromatic N) is 1. The summed E-state index contributed by atoms with van der Waals surface area (Å²) in [6.45, 7) is 9.56. The van der Waals surface area contributed by atoms with E-state index in [1.54, 1.807) is 0 Å². The Kier molecular flexibility index (Phi) is 5.18. The van der Waals surface area contributed by atoms with Crippen LogP contribution in [0.2, 0.25) is 0 Å². The van der Waals surface area contributed by atoms with Gasteiger partial charge in [0.25, 0.3) is 0 Å². The number of hydrogen-bond donors (Lipinski definition) is 2. The molecule has 0 bridgehead atoms. The molecule has 0 saturated carbocycles. The number of ether oxygens (including phenoxy) is 2. The van der Waals surface area contributed by atoms with Crippen LogP contribution in [0.1, 0.15) is 13.8 Å². The fraction of sp³-hybridized carbons (Fsp3) is 1.00. The van der Waals surface area contributed by atoms with Gasteiger partial charge in [-0.05, 0) is 13.8 Å². The van der Waals surface area contributed by atoms with E-state index in [2.05, 4.69) is 24.5 Å². The van der Waals surface area contributed by atoms with Crippen molar-refractivity contribution in [3.8, 4) is 0 Å². The van der Waals surface area contributed by atoms with Crippen LogP contribution in [-0.2, 0) is 9.47 Å². The van der Waals surface area contributed by atoms with E-state index in [0.29, 0.717) is 0 Å². The van der Waals surface area contributed by atoms with Crippen LogP contribution in [-0.4, -0.2) is 63.7 Å². The molecule has 0 spiro atoms. The van der Waals surface area contributed by atoms with E-state index in [1.807, 2.05) is 0 Å². The van der Waals surface area contributed by atoms with E-state index < -0.39 is 0 Å². The van der Waals surface area contributed by atoms with Gasteiger partial charge in [-0.2, -0.15) is 0 Å². The first-order chi connectivity index (χ1) is 8.27.